The van der Waals surface area contributed by atoms with Gasteiger partial charge in [-0.15, -0.1) is 11.3 Å². The van der Waals surface area contributed by atoms with Gasteiger partial charge in [0.25, 0.3) is 5.91 Å². The lowest BCUT2D eigenvalue weighted by Gasteiger charge is -2.23. The Hall–Kier alpha value is -1.41. The lowest BCUT2D eigenvalue weighted by molar-refractivity contribution is 0.0919. The fourth-order valence-corrected chi connectivity index (χ4v) is 5.87. The summed E-state index contributed by atoms with van der Waals surface area (Å²) in [7, 11) is -1.19. The van der Waals surface area contributed by atoms with E-state index in [-0.39, 0.29) is 17.4 Å². The Morgan fingerprint density at radius 3 is 2.81 bits per heavy atom. The Labute approximate surface area is 127 Å². The zero-order valence-corrected chi connectivity index (χ0v) is 13.8. The van der Waals surface area contributed by atoms with Gasteiger partial charge in [0.2, 0.25) is 0 Å². The molecule has 1 N–H and O–H groups in total. The first-order valence-electron chi connectivity index (χ1n) is 6.65. The molecule has 3 rings (SSSR count). The molecule has 2 aromatic heterocycles. The number of rotatable bonds is 2. The molecule has 1 atom stereocenters. The maximum atomic E-state index is 12.4. The number of hydrogen-bond donors (Lipinski definition) is 1. The number of hydrogen-bond acceptors (Lipinski definition) is 5. The lowest BCUT2D eigenvalue weighted by Crippen LogP contribution is -2.46. The van der Waals surface area contributed by atoms with Gasteiger partial charge in [0.1, 0.15) is 4.83 Å². The molecule has 0 spiro atoms. The molecule has 0 bridgehead atoms. The van der Waals surface area contributed by atoms with Crippen LogP contribution in [0.15, 0.2) is 6.07 Å². The highest BCUT2D eigenvalue weighted by Gasteiger charge is 2.39. The van der Waals surface area contributed by atoms with Crippen molar-refractivity contribution in [2.45, 2.75) is 25.8 Å². The molecule has 0 aromatic carbocycles. The summed E-state index contributed by atoms with van der Waals surface area (Å²) in [6.45, 7) is 3.69. The number of aryl methyl sites for hydroxylation is 2. The summed E-state index contributed by atoms with van der Waals surface area (Å²) in [6.07, 6.45) is 0.465. The van der Waals surface area contributed by atoms with Crippen molar-refractivity contribution < 1.29 is 13.2 Å². The van der Waals surface area contributed by atoms with Crippen LogP contribution in [-0.2, 0) is 16.9 Å². The van der Waals surface area contributed by atoms with Gasteiger partial charge < -0.3 is 5.32 Å². The maximum absolute atomic E-state index is 12.4. The fraction of sp³-hybridized carbons (Fsp3) is 0.538. The van der Waals surface area contributed by atoms with Gasteiger partial charge in [-0.25, -0.2) is 8.42 Å². The quantitative estimate of drug-likeness (QED) is 0.900. The monoisotopic (exact) mass is 327 g/mol. The number of sulfone groups is 1. The first-order valence-corrected chi connectivity index (χ1v) is 9.29. The molecule has 6 nitrogen and oxygen atoms in total. The molecule has 114 valence electrons. The summed E-state index contributed by atoms with van der Waals surface area (Å²) in [6, 6.07) is 1.82. The van der Waals surface area contributed by atoms with E-state index in [9.17, 15) is 13.2 Å². The van der Waals surface area contributed by atoms with Crippen molar-refractivity contribution in [2.24, 2.45) is 7.05 Å². The van der Waals surface area contributed by atoms with Gasteiger partial charge in [0.05, 0.1) is 27.6 Å². The second-order valence-corrected chi connectivity index (χ2v) is 9.11. The van der Waals surface area contributed by atoms with Crippen molar-refractivity contribution in [3.63, 3.8) is 0 Å². The zero-order valence-electron chi connectivity index (χ0n) is 12.1. The van der Waals surface area contributed by atoms with Crippen LogP contribution in [0.1, 0.15) is 28.7 Å². The second-order valence-electron chi connectivity index (χ2n) is 5.90. The van der Waals surface area contributed by atoms with E-state index in [1.54, 1.807) is 11.6 Å². The minimum Gasteiger partial charge on any atom is -0.345 e. The van der Waals surface area contributed by atoms with Gasteiger partial charge in [0.15, 0.2) is 9.84 Å². The van der Waals surface area contributed by atoms with Crippen LogP contribution >= 0.6 is 11.3 Å². The summed E-state index contributed by atoms with van der Waals surface area (Å²) in [5.74, 6) is -0.0635. The number of nitrogens with zero attached hydrogens (tertiary/aromatic N) is 2. The Kier molecular flexibility index (Phi) is 3.14. The van der Waals surface area contributed by atoms with Crippen molar-refractivity contribution in [3.8, 4) is 0 Å². The SMILES string of the molecule is Cc1nn(C)c2sc(C(=O)NC3(C)CCS(=O)(=O)C3)cc12. The summed E-state index contributed by atoms with van der Waals surface area (Å²) in [5.41, 5.74) is 0.219. The third-order valence-electron chi connectivity index (χ3n) is 3.84. The van der Waals surface area contributed by atoms with Crippen LogP contribution < -0.4 is 5.32 Å². The molecule has 1 amide bonds. The van der Waals surface area contributed by atoms with Gasteiger partial charge in [-0.05, 0) is 26.3 Å². The molecule has 1 aliphatic heterocycles. The van der Waals surface area contributed by atoms with Gasteiger partial charge in [-0.3, -0.25) is 9.48 Å². The summed E-state index contributed by atoms with van der Waals surface area (Å²) < 4.78 is 24.9. The Bertz CT molecular complexity index is 800. The summed E-state index contributed by atoms with van der Waals surface area (Å²) >= 11 is 1.37. The average molecular weight is 327 g/mol. The largest absolute Gasteiger partial charge is 0.345 e. The fourth-order valence-electron chi connectivity index (χ4n) is 2.76. The number of thiophene rings is 1. The maximum Gasteiger partial charge on any atom is 0.261 e. The predicted molar refractivity (Wildman–Crippen MR) is 82.5 cm³/mol. The second kappa shape index (κ2) is 4.54. The van der Waals surface area contributed by atoms with E-state index in [1.165, 1.54) is 11.3 Å². The first kappa shape index (κ1) is 14.5. The van der Waals surface area contributed by atoms with Crippen molar-refractivity contribution in [1.29, 1.82) is 0 Å². The normalized spacial score (nSPS) is 24.5. The van der Waals surface area contributed by atoms with Crippen LogP contribution in [0.5, 0.6) is 0 Å². The molecule has 0 radical (unpaired) electrons. The topological polar surface area (TPSA) is 81.1 Å². The zero-order chi connectivity index (χ0) is 15.4. The number of nitrogens with one attached hydrogen (secondary N) is 1. The van der Waals surface area contributed by atoms with Crippen LogP contribution in [0.3, 0.4) is 0 Å². The van der Waals surface area contributed by atoms with Crippen LogP contribution in [0.4, 0.5) is 0 Å². The Balaban J connectivity index is 1.86. The van der Waals surface area contributed by atoms with Crippen LogP contribution in [-0.4, -0.2) is 41.2 Å². The van der Waals surface area contributed by atoms with E-state index in [4.69, 9.17) is 0 Å². The number of carbonyl (C=O) groups is 1. The molecule has 2 aromatic rings. The Morgan fingerprint density at radius 1 is 1.52 bits per heavy atom. The third-order valence-corrected chi connectivity index (χ3v) is 6.94. The van der Waals surface area contributed by atoms with E-state index >= 15 is 0 Å². The highest BCUT2D eigenvalue weighted by molar-refractivity contribution is 7.91. The molecule has 21 heavy (non-hydrogen) atoms. The van der Waals surface area contributed by atoms with E-state index in [2.05, 4.69) is 10.4 Å². The van der Waals surface area contributed by atoms with E-state index in [1.807, 2.05) is 20.0 Å². The van der Waals surface area contributed by atoms with E-state index < -0.39 is 15.4 Å². The molecule has 0 saturated carbocycles. The molecule has 8 heteroatoms. The lowest BCUT2D eigenvalue weighted by atomic mass is 10.0. The average Bonchev–Trinajstić information content (AvgIpc) is 2.97. The summed E-state index contributed by atoms with van der Waals surface area (Å²) in [5, 5.41) is 8.15. The van der Waals surface area contributed by atoms with Gasteiger partial charge in [0, 0.05) is 12.4 Å². The summed E-state index contributed by atoms with van der Waals surface area (Å²) in [4.78, 5) is 13.9. The minimum atomic E-state index is -3.03. The van der Waals surface area contributed by atoms with Gasteiger partial charge >= 0.3 is 0 Å². The highest BCUT2D eigenvalue weighted by atomic mass is 32.2. The van der Waals surface area contributed by atoms with Gasteiger partial charge in [-0.1, -0.05) is 0 Å². The molecule has 1 unspecified atom stereocenters. The van der Waals surface area contributed by atoms with E-state index in [0.29, 0.717) is 11.3 Å². The number of amides is 1. The smallest absolute Gasteiger partial charge is 0.261 e. The molecule has 1 saturated heterocycles. The number of aromatic nitrogens is 2. The number of fused-ring (bicyclic) bond motifs is 1. The molecule has 3 heterocycles. The molecule has 1 fully saturated rings. The van der Waals surface area contributed by atoms with Crippen LogP contribution in [0.25, 0.3) is 10.2 Å². The van der Waals surface area contributed by atoms with Crippen molar-refractivity contribution >= 4 is 37.3 Å². The first-order chi connectivity index (χ1) is 9.69. The minimum absolute atomic E-state index is 0.0111. The molecule has 1 aliphatic rings. The molecular weight excluding hydrogens is 310 g/mol. The highest BCUT2D eigenvalue weighted by Crippen LogP contribution is 2.29. The van der Waals surface area contributed by atoms with Crippen molar-refractivity contribution in [3.05, 3.63) is 16.6 Å². The van der Waals surface area contributed by atoms with Crippen molar-refractivity contribution in [1.82, 2.24) is 15.1 Å². The Morgan fingerprint density at radius 2 is 2.24 bits per heavy atom. The van der Waals surface area contributed by atoms with Crippen LogP contribution in [0.2, 0.25) is 0 Å². The van der Waals surface area contributed by atoms with E-state index in [0.717, 1.165) is 15.9 Å². The van der Waals surface area contributed by atoms with Crippen molar-refractivity contribution in [2.75, 3.05) is 11.5 Å². The predicted octanol–water partition coefficient (Wildman–Crippen LogP) is 1.25. The third kappa shape index (κ3) is 2.57. The number of carbonyl (C=O) groups excluding carboxylic acids is 1. The van der Waals surface area contributed by atoms with Crippen LogP contribution in [0, 0.1) is 6.92 Å². The standard InChI is InChI=1S/C13H17N3O3S2/c1-8-9-6-10(20-12(9)16(3)15-8)11(17)14-13(2)4-5-21(18,19)7-13/h6H,4-5,7H2,1-3H3,(H,14,17). The van der Waals surface area contributed by atoms with Gasteiger partial charge in [-0.2, -0.15) is 5.10 Å². The molecular formula is C13H17N3O3S2. The molecule has 0 aliphatic carbocycles.